The minimum atomic E-state index is -0.0873. The first-order valence-corrected chi connectivity index (χ1v) is 6.41. The van der Waals surface area contributed by atoms with Crippen LogP contribution in [0.2, 0.25) is 0 Å². The summed E-state index contributed by atoms with van der Waals surface area (Å²) in [7, 11) is 1.48. The minimum Gasteiger partial charge on any atom is -0.469 e. The SMILES string of the molecule is COC(=O)[C@@H]1CC(C)=C(C)C[C@H]1c1ccccc1. The normalized spacial score (nSPS) is 23.9. The van der Waals surface area contributed by atoms with E-state index in [9.17, 15) is 4.79 Å². The molecular weight excluding hydrogens is 224 g/mol. The predicted molar refractivity (Wildman–Crippen MR) is 72.3 cm³/mol. The number of rotatable bonds is 2. The summed E-state index contributed by atoms with van der Waals surface area (Å²) in [5, 5.41) is 0. The Labute approximate surface area is 109 Å². The summed E-state index contributed by atoms with van der Waals surface area (Å²) >= 11 is 0. The van der Waals surface area contributed by atoms with Gasteiger partial charge in [-0.3, -0.25) is 4.79 Å². The van der Waals surface area contributed by atoms with Crippen LogP contribution in [-0.4, -0.2) is 13.1 Å². The molecule has 2 rings (SSSR count). The fourth-order valence-corrected chi connectivity index (χ4v) is 2.74. The number of carbonyl (C=O) groups is 1. The standard InChI is InChI=1S/C16H20O2/c1-11-9-14(13-7-5-4-6-8-13)15(10-12(11)2)16(17)18-3/h4-8,14-15H,9-10H2,1-3H3/t14-,15+/m0/s1. The van der Waals surface area contributed by atoms with Gasteiger partial charge >= 0.3 is 5.97 Å². The van der Waals surface area contributed by atoms with E-state index in [0.717, 1.165) is 12.8 Å². The smallest absolute Gasteiger partial charge is 0.309 e. The largest absolute Gasteiger partial charge is 0.469 e. The number of benzene rings is 1. The first-order chi connectivity index (χ1) is 8.63. The van der Waals surface area contributed by atoms with E-state index >= 15 is 0 Å². The zero-order chi connectivity index (χ0) is 13.1. The Balaban J connectivity index is 2.34. The van der Waals surface area contributed by atoms with E-state index in [1.807, 2.05) is 18.2 Å². The summed E-state index contributed by atoms with van der Waals surface area (Å²) in [5.74, 6) is 0.124. The molecule has 0 saturated heterocycles. The first-order valence-electron chi connectivity index (χ1n) is 6.41. The lowest BCUT2D eigenvalue weighted by Crippen LogP contribution is -2.27. The molecular formula is C16H20O2. The van der Waals surface area contributed by atoms with Gasteiger partial charge in [-0.15, -0.1) is 0 Å². The lowest BCUT2D eigenvalue weighted by molar-refractivity contribution is -0.146. The predicted octanol–water partition coefficient (Wildman–Crippen LogP) is 3.69. The highest BCUT2D eigenvalue weighted by atomic mass is 16.5. The molecule has 0 heterocycles. The quantitative estimate of drug-likeness (QED) is 0.586. The summed E-state index contributed by atoms with van der Waals surface area (Å²) in [4.78, 5) is 12.0. The van der Waals surface area contributed by atoms with Crippen LogP contribution in [0, 0.1) is 5.92 Å². The molecule has 0 aliphatic heterocycles. The summed E-state index contributed by atoms with van der Waals surface area (Å²) < 4.78 is 4.96. The molecule has 0 aromatic heterocycles. The Morgan fingerprint density at radius 2 is 1.72 bits per heavy atom. The van der Waals surface area contributed by atoms with Gasteiger partial charge in [0.05, 0.1) is 13.0 Å². The molecule has 0 fully saturated rings. The van der Waals surface area contributed by atoms with Crippen molar-refractivity contribution < 1.29 is 9.53 Å². The maximum atomic E-state index is 12.0. The van der Waals surface area contributed by atoms with Gasteiger partial charge in [-0.2, -0.15) is 0 Å². The average molecular weight is 244 g/mol. The van der Waals surface area contributed by atoms with Gasteiger partial charge in [0.1, 0.15) is 0 Å². The number of carbonyl (C=O) groups excluding carboxylic acids is 1. The third-order valence-corrected chi connectivity index (χ3v) is 4.00. The average Bonchev–Trinajstić information content (AvgIpc) is 2.41. The highest BCUT2D eigenvalue weighted by molar-refractivity contribution is 5.74. The van der Waals surface area contributed by atoms with Crippen LogP contribution in [0.5, 0.6) is 0 Å². The van der Waals surface area contributed by atoms with Crippen LogP contribution in [0.4, 0.5) is 0 Å². The van der Waals surface area contributed by atoms with Gasteiger partial charge < -0.3 is 4.74 Å². The van der Waals surface area contributed by atoms with Crippen molar-refractivity contribution in [2.24, 2.45) is 5.92 Å². The van der Waals surface area contributed by atoms with Crippen molar-refractivity contribution in [3.63, 3.8) is 0 Å². The van der Waals surface area contributed by atoms with E-state index in [4.69, 9.17) is 4.74 Å². The number of allylic oxidation sites excluding steroid dienone is 2. The Hall–Kier alpha value is -1.57. The van der Waals surface area contributed by atoms with Crippen molar-refractivity contribution >= 4 is 5.97 Å². The molecule has 2 heteroatoms. The molecule has 0 radical (unpaired) electrons. The maximum absolute atomic E-state index is 12.0. The Bertz CT molecular complexity index is 459. The molecule has 1 aromatic rings. The van der Waals surface area contributed by atoms with E-state index in [2.05, 4.69) is 26.0 Å². The number of methoxy groups -OCH3 is 1. The van der Waals surface area contributed by atoms with E-state index in [0.29, 0.717) is 0 Å². The second-order valence-electron chi connectivity index (χ2n) is 5.12. The third-order valence-electron chi connectivity index (χ3n) is 4.00. The molecule has 0 saturated carbocycles. The molecule has 1 aromatic carbocycles. The highest BCUT2D eigenvalue weighted by Crippen LogP contribution is 2.40. The molecule has 1 aliphatic rings. The van der Waals surface area contributed by atoms with Gasteiger partial charge in [0, 0.05) is 5.92 Å². The monoisotopic (exact) mass is 244 g/mol. The van der Waals surface area contributed by atoms with Crippen molar-refractivity contribution in [2.75, 3.05) is 7.11 Å². The molecule has 0 unspecified atom stereocenters. The molecule has 2 atom stereocenters. The summed E-state index contributed by atoms with van der Waals surface area (Å²) in [6.07, 6.45) is 1.77. The van der Waals surface area contributed by atoms with Crippen LogP contribution in [0.3, 0.4) is 0 Å². The Morgan fingerprint density at radius 1 is 1.11 bits per heavy atom. The van der Waals surface area contributed by atoms with Crippen LogP contribution < -0.4 is 0 Å². The molecule has 1 aliphatic carbocycles. The Kier molecular flexibility index (Phi) is 3.85. The lowest BCUT2D eigenvalue weighted by atomic mass is 9.73. The molecule has 0 spiro atoms. The topological polar surface area (TPSA) is 26.3 Å². The lowest BCUT2D eigenvalue weighted by Gasteiger charge is -2.31. The van der Waals surface area contributed by atoms with Gasteiger partial charge in [-0.1, -0.05) is 41.5 Å². The number of hydrogen-bond acceptors (Lipinski definition) is 2. The Morgan fingerprint density at radius 3 is 2.33 bits per heavy atom. The summed E-state index contributed by atoms with van der Waals surface area (Å²) in [5.41, 5.74) is 3.97. The number of ether oxygens (including phenoxy) is 1. The van der Waals surface area contributed by atoms with E-state index in [-0.39, 0.29) is 17.8 Å². The van der Waals surface area contributed by atoms with Crippen molar-refractivity contribution in [2.45, 2.75) is 32.6 Å². The van der Waals surface area contributed by atoms with Crippen molar-refractivity contribution in [1.82, 2.24) is 0 Å². The fourth-order valence-electron chi connectivity index (χ4n) is 2.74. The van der Waals surface area contributed by atoms with Crippen LogP contribution >= 0.6 is 0 Å². The second kappa shape index (κ2) is 5.38. The fraction of sp³-hybridized carbons (Fsp3) is 0.438. The van der Waals surface area contributed by atoms with Crippen LogP contribution in [0.25, 0.3) is 0 Å². The van der Waals surface area contributed by atoms with Crippen LogP contribution in [0.15, 0.2) is 41.5 Å². The minimum absolute atomic E-state index is 0.0406. The van der Waals surface area contributed by atoms with Gasteiger partial charge in [0.15, 0.2) is 0 Å². The third kappa shape index (κ3) is 2.47. The summed E-state index contributed by atoms with van der Waals surface area (Å²) in [6.45, 7) is 4.28. The number of esters is 1. The van der Waals surface area contributed by atoms with Gasteiger partial charge in [0.2, 0.25) is 0 Å². The summed E-state index contributed by atoms with van der Waals surface area (Å²) in [6, 6.07) is 10.3. The van der Waals surface area contributed by atoms with Crippen LogP contribution in [-0.2, 0) is 9.53 Å². The van der Waals surface area contributed by atoms with E-state index < -0.39 is 0 Å². The zero-order valence-electron chi connectivity index (χ0n) is 11.3. The molecule has 2 nitrogen and oxygen atoms in total. The van der Waals surface area contributed by atoms with E-state index in [1.165, 1.54) is 23.8 Å². The van der Waals surface area contributed by atoms with E-state index in [1.54, 1.807) is 0 Å². The molecule has 18 heavy (non-hydrogen) atoms. The van der Waals surface area contributed by atoms with Gasteiger partial charge in [0.25, 0.3) is 0 Å². The number of hydrogen-bond donors (Lipinski definition) is 0. The maximum Gasteiger partial charge on any atom is 0.309 e. The van der Waals surface area contributed by atoms with Gasteiger partial charge in [-0.05, 0) is 32.3 Å². The molecule has 0 amide bonds. The molecule has 0 bridgehead atoms. The van der Waals surface area contributed by atoms with Crippen molar-refractivity contribution in [1.29, 1.82) is 0 Å². The van der Waals surface area contributed by atoms with Crippen LogP contribution in [0.1, 0.15) is 38.2 Å². The second-order valence-corrected chi connectivity index (χ2v) is 5.12. The van der Waals surface area contributed by atoms with Crippen molar-refractivity contribution in [3.05, 3.63) is 47.0 Å². The molecule has 0 N–H and O–H groups in total. The highest BCUT2D eigenvalue weighted by Gasteiger charge is 2.34. The first kappa shape index (κ1) is 12.9. The van der Waals surface area contributed by atoms with Gasteiger partial charge in [-0.25, -0.2) is 0 Å². The molecule has 96 valence electrons. The van der Waals surface area contributed by atoms with Crippen molar-refractivity contribution in [3.8, 4) is 0 Å². The zero-order valence-corrected chi connectivity index (χ0v) is 11.3.